The van der Waals surface area contributed by atoms with Crippen LogP contribution in [0.4, 0.5) is 4.79 Å². The zero-order valence-corrected chi connectivity index (χ0v) is 13.0. The summed E-state index contributed by atoms with van der Waals surface area (Å²) in [4.78, 5) is 11.9. The molecule has 0 bridgehead atoms. The molecule has 1 fully saturated rings. The molecule has 1 aliphatic carbocycles. The van der Waals surface area contributed by atoms with Crippen molar-refractivity contribution in [3.8, 4) is 0 Å². The van der Waals surface area contributed by atoms with E-state index in [9.17, 15) is 9.90 Å². The Morgan fingerprint density at radius 1 is 1.38 bits per heavy atom. The Hall–Kier alpha value is -1.55. The second-order valence-corrected chi connectivity index (χ2v) is 6.39. The summed E-state index contributed by atoms with van der Waals surface area (Å²) in [6, 6.07) is 8.29. The molecule has 0 spiro atoms. The molecule has 0 aliphatic heterocycles. The van der Waals surface area contributed by atoms with Gasteiger partial charge in [-0.2, -0.15) is 0 Å². The zero-order valence-electron chi connectivity index (χ0n) is 13.0. The van der Waals surface area contributed by atoms with Crippen molar-refractivity contribution in [2.75, 3.05) is 13.2 Å². The average molecular weight is 290 g/mol. The first-order valence-electron chi connectivity index (χ1n) is 7.74. The second-order valence-electron chi connectivity index (χ2n) is 6.39. The number of amides is 2. The summed E-state index contributed by atoms with van der Waals surface area (Å²) in [6.07, 6.45) is 3.81. The average Bonchev–Trinajstić information content (AvgIpc) is 2.83. The van der Waals surface area contributed by atoms with Gasteiger partial charge in [0.1, 0.15) is 0 Å². The normalized spacial score (nSPS) is 24.8. The quantitative estimate of drug-likeness (QED) is 0.780. The molecule has 1 aliphatic rings. The van der Waals surface area contributed by atoms with Crippen LogP contribution in [0.15, 0.2) is 24.3 Å². The maximum absolute atomic E-state index is 11.9. The zero-order chi connectivity index (χ0) is 15.3. The molecule has 2 amide bonds. The minimum atomic E-state index is -0.172. The van der Waals surface area contributed by atoms with Crippen molar-refractivity contribution in [2.45, 2.75) is 45.6 Å². The molecule has 1 aromatic carbocycles. The highest BCUT2D eigenvalue weighted by atomic mass is 16.3. The lowest BCUT2D eigenvalue weighted by molar-refractivity contribution is 0.121. The van der Waals surface area contributed by atoms with E-state index < -0.39 is 0 Å². The third-order valence-corrected chi connectivity index (χ3v) is 4.57. The van der Waals surface area contributed by atoms with E-state index >= 15 is 0 Å². The van der Waals surface area contributed by atoms with Crippen molar-refractivity contribution in [2.24, 2.45) is 5.41 Å². The Morgan fingerprint density at radius 2 is 2.10 bits per heavy atom. The van der Waals surface area contributed by atoms with E-state index in [2.05, 4.69) is 41.8 Å². The molecule has 4 nitrogen and oxygen atoms in total. The lowest BCUT2D eigenvalue weighted by Crippen LogP contribution is -2.48. The van der Waals surface area contributed by atoms with Gasteiger partial charge in [-0.25, -0.2) is 4.79 Å². The minimum Gasteiger partial charge on any atom is -0.396 e. The number of nitrogens with one attached hydrogen (secondary N) is 2. The predicted molar refractivity (Wildman–Crippen MR) is 84.2 cm³/mol. The Morgan fingerprint density at radius 3 is 2.76 bits per heavy atom. The number of carbonyl (C=O) groups excluding carboxylic acids is 1. The molecule has 3 N–H and O–H groups in total. The highest BCUT2D eigenvalue weighted by Gasteiger charge is 2.38. The van der Waals surface area contributed by atoms with Crippen molar-refractivity contribution in [3.63, 3.8) is 0 Å². The maximum atomic E-state index is 11.9. The fourth-order valence-corrected chi connectivity index (χ4v) is 2.95. The molecule has 2 unspecified atom stereocenters. The van der Waals surface area contributed by atoms with Crippen molar-refractivity contribution in [1.29, 1.82) is 0 Å². The Labute approximate surface area is 126 Å². The molecule has 2 atom stereocenters. The van der Waals surface area contributed by atoms with Crippen LogP contribution in [-0.4, -0.2) is 30.3 Å². The van der Waals surface area contributed by atoms with Gasteiger partial charge < -0.3 is 15.7 Å². The summed E-state index contributed by atoms with van der Waals surface area (Å²) in [5, 5.41) is 15.4. The van der Waals surface area contributed by atoms with Gasteiger partial charge in [0.2, 0.25) is 0 Å². The molecule has 0 aromatic heterocycles. The predicted octanol–water partition coefficient (Wildman–Crippen LogP) is 2.39. The van der Waals surface area contributed by atoms with Gasteiger partial charge in [0.15, 0.2) is 0 Å². The summed E-state index contributed by atoms with van der Waals surface area (Å²) in [5.41, 5.74) is 2.30. The summed E-state index contributed by atoms with van der Waals surface area (Å²) in [7, 11) is 0. The highest BCUT2D eigenvalue weighted by Crippen LogP contribution is 2.37. The van der Waals surface area contributed by atoms with E-state index in [-0.39, 0.29) is 24.1 Å². The number of hydrogen-bond donors (Lipinski definition) is 3. The molecular weight excluding hydrogens is 264 g/mol. The van der Waals surface area contributed by atoms with Crippen LogP contribution in [-0.2, 0) is 6.42 Å². The molecule has 2 rings (SSSR count). The molecule has 0 radical (unpaired) electrons. The number of rotatable bonds is 5. The van der Waals surface area contributed by atoms with E-state index in [1.807, 2.05) is 6.92 Å². The van der Waals surface area contributed by atoms with Gasteiger partial charge in [-0.15, -0.1) is 0 Å². The van der Waals surface area contributed by atoms with Crippen LogP contribution in [0.25, 0.3) is 0 Å². The third kappa shape index (κ3) is 4.21. The summed E-state index contributed by atoms with van der Waals surface area (Å²) in [6.45, 7) is 4.85. The van der Waals surface area contributed by atoms with Crippen molar-refractivity contribution in [3.05, 3.63) is 35.4 Å². The van der Waals surface area contributed by atoms with Crippen LogP contribution < -0.4 is 10.6 Å². The van der Waals surface area contributed by atoms with Gasteiger partial charge in [-0.1, -0.05) is 43.2 Å². The fourth-order valence-electron chi connectivity index (χ4n) is 2.95. The summed E-state index contributed by atoms with van der Waals surface area (Å²) >= 11 is 0. The van der Waals surface area contributed by atoms with Gasteiger partial charge in [0, 0.05) is 18.0 Å². The first-order chi connectivity index (χ1) is 10.0. The van der Waals surface area contributed by atoms with E-state index in [1.165, 1.54) is 11.1 Å². The van der Waals surface area contributed by atoms with E-state index in [4.69, 9.17) is 0 Å². The van der Waals surface area contributed by atoms with Crippen molar-refractivity contribution in [1.82, 2.24) is 10.6 Å². The molecule has 21 heavy (non-hydrogen) atoms. The number of aliphatic hydroxyl groups is 1. The molecule has 116 valence electrons. The van der Waals surface area contributed by atoms with Crippen LogP contribution in [0, 0.1) is 12.3 Å². The maximum Gasteiger partial charge on any atom is 0.315 e. The third-order valence-electron chi connectivity index (χ3n) is 4.57. The molecule has 1 saturated carbocycles. The van der Waals surface area contributed by atoms with Gasteiger partial charge >= 0.3 is 6.03 Å². The molecule has 0 saturated heterocycles. The largest absolute Gasteiger partial charge is 0.396 e. The fraction of sp³-hybridized carbons (Fsp3) is 0.588. The molecular formula is C17H26N2O2. The second kappa shape index (κ2) is 6.94. The van der Waals surface area contributed by atoms with E-state index in [0.717, 1.165) is 25.7 Å². The standard InChI is InChI=1S/C17H26N2O2/c1-13-5-7-14(8-6-13)9-11-18-16(21)19-15-4-3-10-17(15,2)12-20/h5-8,15,20H,3-4,9-12H2,1-2H3,(H2,18,19,21). The number of aliphatic hydroxyl groups excluding tert-OH is 1. The molecule has 0 heterocycles. The first-order valence-corrected chi connectivity index (χ1v) is 7.74. The lowest BCUT2D eigenvalue weighted by Gasteiger charge is -2.30. The number of benzene rings is 1. The van der Waals surface area contributed by atoms with Crippen LogP contribution in [0.1, 0.15) is 37.3 Å². The monoisotopic (exact) mass is 290 g/mol. The smallest absolute Gasteiger partial charge is 0.315 e. The Balaban J connectivity index is 1.74. The van der Waals surface area contributed by atoms with Crippen LogP contribution in [0.3, 0.4) is 0 Å². The van der Waals surface area contributed by atoms with E-state index in [1.54, 1.807) is 0 Å². The summed E-state index contributed by atoms with van der Waals surface area (Å²) < 4.78 is 0. The lowest BCUT2D eigenvalue weighted by atomic mass is 9.86. The Kier molecular flexibility index (Phi) is 5.23. The Bertz CT molecular complexity index is 472. The van der Waals surface area contributed by atoms with Gasteiger partial charge in [0.25, 0.3) is 0 Å². The number of urea groups is 1. The molecule has 1 aromatic rings. The van der Waals surface area contributed by atoms with E-state index in [0.29, 0.717) is 6.54 Å². The van der Waals surface area contributed by atoms with Crippen LogP contribution in [0.5, 0.6) is 0 Å². The number of aryl methyl sites for hydroxylation is 1. The van der Waals surface area contributed by atoms with Gasteiger partial charge in [0.05, 0.1) is 6.61 Å². The number of carbonyl (C=O) groups is 1. The molecule has 4 heteroatoms. The first kappa shape index (κ1) is 15.8. The van der Waals surface area contributed by atoms with Crippen molar-refractivity contribution < 1.29 is 9.90 Å². The van der Waals surface area contributed by atoms with Gasteiger partial charge in [-0.05, 0) is 31.7 Å². The van der Waals surface area contributed by atoms with Gasteiger partial charge in [-0.3, -0.25) is 0 Å². The minimum absolute atomic E-state index is 0.0712. The van der Waals surface area contributed by atoms with Crippen LogP contribution in [0.2, 0.25) is 0 Å². The van der Waals surface area contributed by atoms with Crippen molar-refractivity contribution >= 4 is 6.03 Å². The SMILES string of the molecule is Cc1ccc(CCNC(=O)NC2CCCC2(C)CO)cc1. The highest BCUT2D eigenvalue weighted by molar-refractivity contribution is 5.74. The number of hydrogen-bond acceptors (Lipinski definition) is 2. The topological polar surface area (TPSA) is 61.4 Å². The van der Waals surface area contributed by atoms with Crippen LogP contribution >= 0.6 is 0 Å². The summed E-state index contributed by atoms with van der Waals surface area (Å²) in [5.74, 6) is 0.